The van der Waals surface area contributed by atoms with Gasteiger partial charge in [0.05, 0.1) is 16.0 Å². The third-order valence-corrected chi connectivity index (χ3v) is 8.26. The van der Waals surface area contributed by atoms with Crippen LogP contribution in [0.2, 0.25) is 5.02 Å². The molecule has 0 saturated heterocycles. The predicted octanol–water partition coefficient (Wildman–Crippen LogP) is 7.42. The van der Waals surface area contributed by atoms with Crippen LogP contribution in [0.4, 0.5) is 13.2 Å². The van der Waals surface area contributed by atoms with E-state index in [-0.39, 0.29) is 34.4 Å². The number of carboxylic acid groups (broad SMARTS) is 1. The lowest BCUT2D eigenvalue weighted by atomic mass is 10.0. The maximum absolute atomic E-state index is 13.7. The van der Waals surface area contributed by atoms with Crippen LogP contribution in [0.3, 0.4) is 0 Å². The Kier molecular flexibility index (Phi) is 7.50. The SMILES string of the molecule is O=C(O)CCc1cn(S(=O)(=O)c2ccc(Oc3ncc(C(F)(F)F)cc3Cl)cc2)c2ccc(-c3ccccc3)cc12. The molecule has 0 aliphatic carbocycles. The van der Waals surface area contributed by atoms with Gasteiger partial charge in [-0.2, -0.15) is 13.2 Å². The molecule has 12 heteroatoms. The van der Waals surface area contributed by atoms with Gasteiger partial charge < -0.3 is 9.84 Å². The number of aromatic nitrogens is 2. The average Bonchev–Trinajstić information content (AvgIpc) is 3.32. The number of hydrogen-bond acceptors (Lipinski definition) is 5. The Hall–Kier alpha value is -4.35. The summed E-state index contributed by atoms with van der Waals surface area (Å²) < 4.78 is 72.5. The Morgan fingerprint density at radius 3 is 2.32 bits per heavy atom. The number of nitrogens with zero attached hydrogens (tertiary/aromatic N) is 2. The van der Waals surface area contributed by atoms with Gasteiger partial charge in [-0.15, -0.1) is 0 Å². The Balaban J connectivity index is 1.48. The average molecular weight is 601 g/mol. The summed E-state index contributed by atoms with van der Waals surface area (Å²) in [6, 6.07) is 20.7. The van der Waals surface area contributed by atoms with Crippen molar-refractivity contribution < 1.29 is 36.2 Å². The summed E-state index contributed by atoms with van der Waals surface area (Å²) in [6.07, 6.45) is -2.66. The fraction of sp³-hybridized carbons (Fsp3) is 0.103. The van der Waals surface area contributed by atoms with Gasteiger partial charge in [-0.25, -0.2) is 17.4 Å². The van der Waals surface area contributed by atoms with Crippen LogP contribution in [0.25, 0.3) is 22.0 Å². The van der Waals surface area contributed by atoms with E-state index in [0.717, 1.165) is 15.1 Å². The number of alkyl halides is 3. The largest absolute Gasteiger partial charge is 0.481 e. The number of carbonyl (C=O) groups is 1. The lowest BCUT2D eigenvalue weighted by molar-refractivity contribution is -0.138. The van der Waals surface area contributed by atoms with Crippen molar-refractivity contribution in [1.29, 1.82) is 0 Å². The normalized spacial score (nSPS) is 12.0. The molecule has 7 nitrogen and oxygen atoms in total. The summed E-state index contributed by atoms with van der Waals surface area (Å²) in [5, 5.41) is 9.47. The lowest BCUT2D eigenvalue weighted by Gasteiger charge is -2.11. The minimum Gasteiger partial charge on any atom is -0.481 e. The summed E-state index contributed by atoms with van der Waals surface area (Å²) in [4.78, 5) is 14.8. The Bertz CT molecular complexity index is 1860. The van der Waals surface area contributed by atoms with Gasteiger partial charge >= 0.3 is 12.1 Å². The first-order valence-electron chi connectivity index (χ1n) is 12.1. The first-order chi connectivity index (χ1) is 19.4. The standard InChI is InChI=1S/C29H20ClF3N2O5S/c30-25-15-21(29(31,32)33)16-34-28(25)40-22-8-10-23(11-9-22)41(38,39)35-17-20(7-13-27(36)37)24-14-19(6-12-26(24)35)18-4-2-1-3-5-18/h1-6,8-12,14-17H,7,13H2,(H,36,37). The van der Waals surface area contributed by atoms with Crippen molar-refractivity contribution in [2.45, 2.75) is 23.9 Å². The molecule has 0 aliphatic rings. The third kappa shape index (κ3) is 5.91. The molecule has 0 aliphatic heterocycles. The first-order valence-corrected chi connectivity index (χ1v) is 13.9. The van der Waals surface area contributed by atoms with E-state index in [1.165, 1.54) is 30.5 Å². The molecule has 41 heavy (non-hydrogen) atoms. The molecule has 2 heterocycles. The molecule has 210 valence electrons. The predicted molar refractivity (Wildman–Crippen MR) is 147 cm³/mol. The zero-order valence-corrected chi connectivity index (χ0v) is 22.5. The number of halogens is 4. The summed E-state index contributed by atoms with van der Waals surface area (Å²) >= 11 is 5.90. The molecule has 0 radical (unpaired) electrons. The smallest absolute Gasteiger partial charge is 0.417 e. The summed E-state index contributed by atoms with van der Waals surface area (Å²) in [5.41, 5.74) is 1.68. The summed E-state index contributed by atoms with van der Waals surface area (Å²) in [7, 11) is -4.13. The van der Waals surface area contributed by atoms with Crippen molar-refractivity contribution in [1.82, 2.24) is 8.96 Å². The second-order valence-electron chi connectivity index (χ2n) is 9.03. The summed E-state index contributed by atoms with van der Waals surface area (Å²) in [6.45, 7) is 0. The number of carboxylic acids is 1. The van der Waals surface area contributed by atoms with E-state index in [1.54, 1.807) is 12.1 Å². The first kappa shape index (κ1) is 28.2. The zero-order valence-electron chi connectivity index (χ0n) is 21.0. The summed E-state index contributed by atoms with van der Waals surface area (Å²) in [5.74, 6) is -1.18. The number of hydrogen-bond donors (Lipinski definition) is 1. The van der Waals surface area contributed by atoms with E-state index in [0.29, 0.717) is 28.7 Å². The fourth-order valence-electron chi connectivity index (χ4n) is 4.28. The second kappa shape index (κ2) is 10.9. The quantitative estimate of drug-likeness (QED) is 0.199. The number of aliphatic carboxylic acids is 1. The number of fused-ring (bicyclic) bond motifs is 1. The molecule has 3 aromatic carbocycles. The Morgan fingerprint density at radius 1 is 0.976 bits per heavy atom. The monoisotopic (exact) mass is 600 g/mol. The van der Waals surface area contributed by atoms with Crippen molar-refractivity contribution in [3.8, 4) is 22.8 Å². The van der Waals surface area contributed by atoms with Crippen LogP contribution >= 0.6 is 11.6 Å². The highest BCUT2D eigenvalue weighted by Crippen LogP contribution is 2.35. The number of aryl methyl sites for hydroxylation is 1. The third-order valence-electron chi connectivity index (χ3n) is 6.30. The number of pyridine rings is 1. The minimum atomic E-state index is -4.62. The van der Waals surface area contributed by atoms with Gasteiger partial charge in [0.1, 0.15) is 10.8 Å². The highest BCUT2D eigenvalue weighted by Gasteiger charge is 2.32. The lowest BCUT2D eigenvalue weighted by Crippen LogP contribution is -2.11. The molecule has 0 bridgehead atoms. The van der Waals surface area contributed by atoms with Crippen molar-refractivity contribution in [2.24, 2.45) is 0 Å². The van der Waals surface area contributed by atoms with Crippen LogP contribution in [0, 0.1) is 0 Å². The van der Waals surface area contributed by atoms with Crippen LogP contribution < -0.4 is 4.74 Å². The molecule has 2 aromatic heterocycles. The number of benzene rings is 3. The molecule has 0 saturated carbocycles. The highest BCUT2D eigenvalue weighted by molar-refractivity contribution is 7.90. The molecule has 0 fully saturated rings. The van der Waals surface area contributed by atoms with Crippen LogP contribution in [-0.2, 0) is 27.4 Å². The number of ether oxygens (including phenoxy) is 1. The van der Waals surface area contributed by atoms with Gasteiger partial charge in [-0.3, -0.25) is 4.79 Å². The van der Waals surface area contributed by atoms with Crippen molar-refractivity contribution in [2.75, 3.05) is 0 Å². The molecule has 5 aromatic rings. The van der Waals surface area contributed by atoms with Gasteiger partial charge in [0.15, 0.2) is 0 Å². The van der Waals surface area contributed by atoms with E-state index < -0.39 is 27.7 Å². The molecule has 0 atom stereocenters. The van der Waals surface area contributed by atoms with Crippen molar-refractivity contribution in [3.63, 3.8) is 0 Å². The van der Waals surface area contributed by atoms with Crippen molar-refractivity contribution in [3.05, 3.63) is 107 Å². The molecular formula is C29H20ClF3N2O5S. The van der Waals surface area contributed by atoms with E-state index >= 15 is 0 Å². The fourth-order valence-corrected chi connectivity index (χ4v) is 5.87. The molecule has 0 unspecified atom stereocenters. The van der Waals surface area contributed by atoms with Gasteiger partial charge in [0.25, 0.3) is 10.0 Å². The van der Waals surface area contributed by atoms with Crippen molar-refractivity contribution >= 4 is 38.5 Å². The van der Waals surface area contributed by atoms with Gasteiger partial charge in [-0.05, 0) is 65.6 Å². The van der Waals surface area contributed by atoms with E-state index in [2.05, 4.69) is 4.98 Å². The van der Waals surface area contributed by atoms with Crippen LogP contribution in [0.15, 0.2) is 96.2 Å². The van der Waals surface area contributed by atoms with Gasteiger partial charge in [0.2, 0.25) is 5.88 Å². The molecule has 1 N–H and O–H groups in total. The molecule has 0 amide bonds. The molecule has 5 rings (SSSR count). The Morgan fingerprint density at radius 2 is 1.68 bits per heavy atom. The maximum atomic E-state index is 13.7. The zero-order chi connectivity index (χ0) is 29.4. The highest BCUT2D eigenvalue weighted by atomic mass is 35.5. The van der Waals surface area contributed by atoms with Crippen LogP contribution in [-0.4, -0.2) is 28.5 Å². The topological polar surface area (TPSA) is 98.5 Å². The minimum absolute atomic E-state index is 0.0925. The van der Waals surface area contributed by atoms with E-state index in [1.807, 2.05) is 36.4 Å². The van der Waals surface area contributed by atoms with E-state index in [9.17, 15) is 31.5 Å². The second-order valence-corrected chi connectivity index (χ2v) is 11.3. The molecule has 0 spiro atoms. The maximum Gasteiger partial charge on any atom is 0.417 e. The Labute approximate surface area is 237 Å². The molecular weight excluding hydrogens is 581 g/mol. The van der Waals surface area contributed by atoms with Crippen LogP contribution in [0.5, 0.6) is 11.6 Å². The van der Waals surface area contributed by atoms with E-state index in [4.69, 9.17) is 16.3 Å². The van der Waals surface area contributed by atoms with Crippen LogP contribution in [0.1, 0.15) is 17.5 Å². The van der Waals surface area contributed by atoms with Gasteiger partial charge in [-0.1, -0.05) is 48.0 Å². The van der Waals surface area contributed by atoms with Gasteiger partial charge in [0, 0.05) is 24.2 Å². The number of rotatable bonds is 8.